The molecular formula is C30H40O6. The molecule has 2 aromatic carbocycles. The van der Waals surface area contributed by atoms with Crippen molar-refractivity contribution in [3.05, 3.63) is 59.7 Å². The Bertz CT molecular complexity index is 933. The molecule has 1 atom stereocenters. The van der Waals surface area contributed by atoms with Crippen LogP contribution < -0.4 is 9.47 Å². The number of hydrogen-bond acceptors (Lipinski definition) is 6. The number of carbonyl (C=O) groups excluding carboxylic acids is 3. The van der Waals surface area contributed by atoms with Crippen LogP contribution in [0.2, 0.25) is 0 Å². The maximum Gasteiger partial charge on any atom is 0.343 e. The highest BCUT2D eigenvalue weighted by atomic mass is 16.5. The summed E-state index contributed by atoms with van der Waals surface area (Å²) in [5.41, 5.74) is 0.720. The van der Waals surface area contributed by atoms with E-state index in [9.17, 15) is 14.4 Å². The van der Waals surface area contributed by atoms with E-state index in [1.165, 1.54) is 38.5 Å². The van der Waals surface area contributed by atoms with E-state index in [0.717, 1.165) is 25.7 Å². The fourth-order valence-electron chi connectivity index (χ4n) is 3.58. The van der Waals surface area contributed by atoms with Crippen LogP contribution in [0.1, 0.15) is 112 Å². The zero-order valence-electron chi connectivity index (χ0n) is 21.9. The van der Waals surface area contributed by atoms with Crippen LogP contribution in [0.25, 0.3) is 0 Å². The Morgan fingerprint density at radius 1 is 0.639 bits per heavy atom. The first-order chi connectivity index (χ1) is 17.4. The van der Waals surface area contributed by atoms with Gasteiger partial charge in [-0.2, -0.15) is 0 Å². The van der Waals surface area contributed by atoms with Gasteiger partial charge in [0.25, 0.3) is 0 Å². The van der Waals surface area contributed by atoms with Crippen LogP contribution in [0.4, 0.5) is 0 Å². The minimum Gasteiger partial charge on any atom is -0.459 e. The number of esters is 3. The molecular weight excluding hydrogens is 456 g/mol. The van der Waals surface area contributed by atoms with Gasteiger partial charge in [-0.1, -0.05) is 65.2 Å². The standard InChI is InChI=1S/C30H40O6/c1-4-6-7-8-9-10-11-12-13-14-28(31)35-26-19-15-25(16-20-26)30(33)36-27-21-17-24(18-22-27)29(32)34-23(3)5-2/h15-23H,4-14H2,1-3H3/t23-/m1/s1. The van der Waals surface area contributed by atoms with Crippen molar-refractivity contribution in [2.75, 3.05) is 0 Å². The van der Waals surface area contributed by atoms with Crippen LogP contribution in [0.3, 0.4) is 0 Å². The van der Waals surface area contributed by atoms with Gasteiger partial charge in [0, 0.05) is 6.42 Å². The molecule has 36 heavy (non-hydrogen) atoms. The molecule has 0 bridgehead atoms. The van der Waals surface area contributed by atoms with E-state index in [0.29, 0.717) is 29.0 Å². The lowest BCUT2D eigenvalue weighted by molar-refractivity contribution is -0.134. The predicted molar refractivity (Wildman–Crippen MR) is 140 cm³/mol. The Balaban J connectivity index is 1.71. The lowest BCUT2D eigenvalue weighted by Gasteiger charge is -2.11. The molecule has 0 aliphatic rings. The van der Waals surface area contributed by atoms with Gasteiger partial charge < -0.3 is 14.2 Å². The molecule has 0 heterocycles. The fraction of sp³-hybridized carbons (Fsp3) is 0.500. The van der Waals surface area contributed by atoms with E-state index >= 15 is 0 Å². The van der Waals surface area contributed by atoms with Crippen LogP contribution in [0, 0.1) is 0 Å². The molecule has 0 N–H and O–H groups in total. The smallest absolute Gasteiger partial charge is 0.343 e. The SMILES string of the molecule is CCCCCCCCCCCC(=O)Oc1ccc(C(=O)Oc2ccc(C(=O)O[C@H](C)CC)cc2)cc1. The number of rotatable bonds is 16. The molecule has 0 radical (unpaired) electrons. The summed E-state index contributed by atoms with van der Waals surface area (Å²) in [6.45, 7) is 5.99. The van der Waals surface area contributed by atoms with E-state index in [1.807, 2.05) is 13.8 Å². The first-order valence-corrected chi connectivity index (χ1v) is 13.3. The summed E-state index contributed by atoms with van der Waals surface area (Å²) in [6, 6.07) is 12.5. The van der Waals surface area contributed by atoms with Gasteiger partial charge in [-0.25, -0.2) is 9.59 Å². The summed E-state index contributed by atoms with van der Waals surface area (Å²) in [6.07, 6.45) is 11.7. The lowest BCUT2D eigenvalue weighted by Crippen LogP contribution is -2.14. The highest BCUT2D eigenvalue weighted by molar-refractivity contribution is 5.92. The molecule has 0 saturated carbocycles. The molecule has 0 fully saturated rings. The molecule has 0 saturated heterocycles. The molecule has 2 rings (SSSR count). The van der Waals surface area contributed by atoms with E-state index in [-0.39, 0.29) is 12.1 Å². The highest BCUT2D eigenvalue weighted by Crippen LogP contribution is 2.18. The van der Waals surface area contributed by atoms with Gasteiger partial charge in [0.15, 0.2) is 0 Å². The van der Waals surface area contributed by atoms with Gasteiger partial charge in [-0.3, -0.25) is 4.79 Å². The van der Waals surface area contributed by atoms with E-state index < -0.39 is 11.9 Å². The van der Waals surface area contributed by atoms with Crippen molar-refractivity contribution in [1.82, 2.24) is 0 Å². The summed E-state index contributed by atoms with van der Waals surface area (Å²) < 4.78 is 16.0. The summed E-state index contributed by atoms with van der Waals surface area (Å²) in [5.74, 6) is -0.504. The van der Waals surface area contributed by atoms with Crippen molar-refractivity contribution in [1.29, 1.82) is 0 Å². The molecule has 0 spiro atoms. The Labute approximate surface area is 215 Å². The van der Waals surface area contributed by atoms with Crippen LogP contribution in [0.15, 0.2) is 48.5 Å². The van der Waals surface area contributed by atoms with E-state index in [1.54, 1.807) is 48.5 Å². The number of hydrogen-bond donors (Lipinski definition) is 0. The van der Waals surface area contributed by atoms with E-state index in [2.05, 4.69) is 6.92 Å². The van der Waals surface area contributed by atoms with Crippen molar-refractivity contribution in [2.24, 2.45) is 0 Å². The van der Waals surface area contributed by atoms with Gasteiger partial charge in [-0.15, -0.1) is 0 Å². The van der Waals surface area contributed by atoms with Crippen LogP contribution in [-0.2, 0) is 9.53 Å². The summed E-state index contributed by atoms with van der Waals surface area (Å²) in [5, 5.41) is 0. The largest absolute Gasteiger partial charge is 0.459 e. The Morgan fingerprint density at radius 2 is 1.11 bits per heavy atom. The molecule has 0 unspecified atom stereocenters. The molecule has 0 aromatic heterocycles. The average Bonchev–Trinajstić information content (AvgIpc) is 2.88. The maximum absolute atomic E-state index is 12.4. The second-order valence-electron chi connectivity index (χ2n) is 9.11. The maximum atomic E-state index is 12.4. The first-order valence-electron chi connectivity index (χ1n) is 13.3. The van der Waals surface area contributed by atoms with E-state index in [4.69, 9.17) is 14.2 Å². The third kappa shape index (κ3) is 11.1. The van der Waals surface area contributed by atoms with Gasteiger partial charge >= 0.3 is 17.9 Å². The monoisotopic (exact) mass is 496 g/mol. The summed E-state index contributed by atoms with van der Waals surface area (Å²) in [4.78, 5) is 36.6. The zero-order valence-corrected chi connectivity index (χ0v) is 21.9. The van der Waals surface area contributed by atoms with Crippen LogP contribution >= 0.6 is 0 Å². The quantitative estimate of drug-likeness (QED) is 0.135. The fourth-order valence-corrected chi connectivity index (χ4v) is 3.58. The Morgan fingerprint density at radius 3 is 1.64 bits per heavy atom. The van der Waals surface area contributed by atoms with Crippen molar-refractivity contribution in [2.45, 2.75) is 97.5 Å². The zero-order chi connectivity index (χ0) is 26.2. The summed E-state index contributed by atoms with van der Waals surface area (Å²) in [7, 11) is 0. The number of unbranched alkanes of at least 4 members (excludes halogenated alkanes) is 8. The third-order valence-electron chi connectivity index (χ3n) is 5.99. The minimum absolute atomic E-state index is 0.160. The normalized spacial score (nSPS) is 11.5. The third-order valence-corrected chi connectivity index (χ3v) is 5.99. The highest BCUT2D eigenvalue weighted by Gasteiger charge is 2.13. The van der Waals surface area contributed by atoms with Crippen molar-refractivity contribution < 1.29 is 28.6 Å². The first kappa shape index (κ1) is 29.1. The Kier molecular flexibility index (Phi) is 13.3. The van der Waals surface area contributed by atoms with Gasteiger partial charge in [0.05, 0.1) is 17.2 Å². The molecule has 2 aromatic rings. The Hall–Kier alpha value is -3.15. The minimum atomic E-state index is -0.544. The van der Waals surface area contributed by atoms with Crippen LogP contribution in [-0.4, -0.2) is 24.0 Å². The number of benzene rings is 2. The second kappa shape index (κ2) is 16.5. The molecule has 6 heteroatoms. The van der Waals surface area contributed by atoms with Gasteiger partial charge in [0.1, 0.15) is 11.5 Å². The topological polar surface area (TPSA) is 78.9 Å². The van der Waals surface area contributed by atoms with Crippen molar-refractivity contribution in [3.63, 3.8) is 0 Å². The number of carbonyl (C=O) groups is 3. The number of ether oxygens (including phenoxy) is 3. The average molecular weight is 497 g/mol. The molecule has 196 valence electrons. The molecule has 0 aliphatic carbocycles. The van der Waals surface area contributed by atoms with Crippen molar-refractivity contribution in [3.8, 4) is 11.5 Å². The van der Waals surface area contributed by atoms with Gasteiger partial charge in [-0.05, 0) is 68.3 Å². The second-order valence-corrected chi connectivity index (χ2v) is 9.11. The molecule has 0 amide bonds. The molecule has 0 aliphatic heterocycles. The molecule has 6 nitrogen and oxygen atoms in total. The summed E-state index contributed by atoms with van der Waals surface area (Å²) >= 11 is 0. The predicted octanol–water partition coefficient (Wildman–Crippen LogP) is 7.69. The van der Waals surface area contributed by atoms with Gasteiger partial charge in [0.2, 0.25) is 0 Å². The van der Waals surface area contributed by atoms with Crippen molar-refractivity contribution >= 4 is 17.9 Å². The van der Waals surface area contributed by atoms with Crippen LogP contribution in [0.5, 0.6) is 11.5 Å². The lowest BCUT2D eigenvalue weighted by atomic mass is 10.1.